The zero-order valence-corrected chi connectivity index (χ0v) is 28.1. The monoisotopic (exact) mass is 733 g/mol. The Kier molecular flexibility index (Phi) is 9.03. The number of nitrogens with zero attached hydrogens (tertiary/aromatic N) is 5. The van der Waals surface area contributed by atoms with Crippen molar-refractivity contribution in [1.29, 1.82) is 5.26 Å². The number of ether oxygens (including phenoxy) is 1. The van der Waals surface area contributed by atoms with Crippen LogP contribution in [0.15, 0.2) is 34.5 Å². The summed E-state index contributed by atoms with van der Waals surface area (Å²) in [5, 5.41) is 9.15. The predicted molar refractivity (Wildman–Crippen MR) is 179 cm³/mol. The number of primary amides is 1. The van der Waals surface area contributed by atoms with Gasteiger partial charge in [0.15, 0.2) is 0 Å². The van der Waals surface area contributed by atoms with Gasteiger partial charge in [0.2, 0.25) is 11.8 Å². The van der Waals surface area contributed by atoms with Crippen LogP contribution >= 0.6 is 23.1 Å². The van der Waals surface area contributed by atoms with E-state index in [1.807, 2.05) is 0 Å². The molecule has 0 radical (unpaired) electrons. The van der Waals surface area contributed by atoms with Crippen molar-refractivity contribution in [2.45, 2.75) is 49.7 Å². The Labute approximate surface area is 288 Å². The Morgan fingerprint density at radius 1 is 1.16 bits per heavy atom. The molecule has 0 spiro atoms. The van der Waals surface area contributed by atoms with Crippen molar-refractivity contribution in [3.63, 3.8) is 0 Å². The highest BCUT2D eigenvalue weighted by Gasteiger charge is 2.41. The van der Waals surface area contributed by atoms with E-state index in [4.69, 9.17) is 16.2 Å². The molecule has 0 bridgehead atoms. The number of benzene rings is 2. The number of nitrogen functional groups attached to an aromatic ring is 1. The fourth-order valence-electron chi connectivity index (χ4n) is 6.76. The number of carbonyl (C=O) groups excluding carboxylic acids is 2. The Bertz CT molecular complexity index is 2200. The average molecular weight is 734 g/mol. The topological polar surface area (TPSA) is 161 Å². The maximum atomic E-state index is 16.1. The number of halogens is 5. The van der Waals surface area contributed by atoms with Crippen LogP contribution in [-0.2, 0) is 27.0 Å². The molecule has 2 aromatic heterocycles. The minimum Gasteiger partial charge on any atom is -0.389 e. The number of thiophene rings is 1. The predicted octanol–water partition coefficient (Wildman–Crippen LogP) is 4.62. The van der Waals surface area contributed by atoms with Crippen molar-refractivity contribution in [1.82, 2.24) is 14.5 Å². The van der Waals surface area contributed by atoms with Crippen LogP contribution in [0, 0.1) is 23.0 Å². The van der Waals surface area contributed by atoms with E-state index in [2.05, 4.69) is 11.6 Å². The van der Waals surface area contributed by atoms with Gasteiger partial charge in [-0.05, 0) is 26.0 Å². The molecule has 3 atom stereocenters. The lowest BCUT2D eigenvalue weighted by Gasteiger charge is -2.44. The van der Waals surface area contributed by atoms with Gasteiger partial charge >= 0.3 is 11.9 Å². The number of piperazine rings is 1. The number of nitrogens with two attached hydrogens (primary N) is 2. The number of alkyl halides is 3. The number of carbonyl (C=O) groups is 2. The van der Waals surface area contributed by atoms with E-state index in [0.29, 0.717) is 17.4 Å². The molecule has 6 rings (SSSR count). The molecule has 4 N–H and O–H groups in total. The molecule has 1 saturated heterocycles. The highest BCUT2D eigenvalue weighted by molar-refractivity contribution is 7.99. The molecule has 2 aliphatic heterocycles. The summed E-state index contributed by atoms with van der Waals surface area (Å²) in [4.78, 5) is 45.2. The molecule has 262 valence electrons. The van der Waals surface area contributed by atoms with Crippen LogP contribution in [0.3, 0.4) is 0 Å². The lowest BCUT2D eigenvalue weighted by Crippen LogP contribution is -2.58. The summed E-state index contributed by atoms with van der Waals surface area (Å²) in [5.41, 5.74) is 7.14. The lowest BCUT2D eigenvalue weighted by atomic mass is 9.92. The van der Waals surface area contributed by atoms with Crippen molar-refractivity contribution in [3.8, 4) is 17.2 Å². The quantitative estimate of drug-likeness (QED) is 0.213. The van der Waals surface area contributed by atoms with E-state index in [1.54, 1.807) is 29.7 Å². The van der Waals surface area contributed by atoms with Crippen LogP contribution in [0.1, 0.15) is 25.0 Å². The summed E-state index contributed by atoms with van der Waals surface area (Å²) < 4.78 is 83.5. The van der Waals surface area contributed by atoms with Crippen molar-refractivity contribution in [2.24, 2.45) is 5.73 Å². The summed E-state index contributed by atoms with van der Waals surface area (Å²) in [6.07, 6.45) is -4.92. The van der Waals surface area contributed by atoms with Crippen LogP contribution in [0.4, 0.5) is 32.8 Å². The van der Waals surface area contributed by atoms with Crippen LogP contribution in [0.5, 0.6) is 0 Å². The van der Waals surface area contributed by atoms with Crippen LogP contribution in [0.2, 0.25) is 0 Å². The van der Waals surface area contributed by atoms with Gasteiger partial charge in [-0.1, -0.05) is 6.58 Å². The van der Waals surface area contributed by atoms with Gasteiger partial charge in [0.25, 0.3) is 0 Å². The normalized spacial score (nSPS) is 19.4. The minimum atomic E-state index is -5.15. The van der Waals surface area contributed by atoms with Gasteiger partial charge in [-0.25, -0.2) is 13.6 Å². The van der Waals surface area contributed by atoms with Gasteiger partial charge in [0, 0.05) is 63.8 Å². The molecule has 1 fully saturated rings. The molecule has 2 aliphatic rings. The Hall–Kier alpha value is -4.73. The van der Waals surface area contributed by atoms with Gasteiger partial charge in [0.05, 0.1) is 34.0 Å². The number of aromatic nitrogens is 2. The molecule has 2 aromatic carbocycles. The molecular formula is C32H28F5N7O4S2. The first-order valence-electron chi connectivity index (χ1n) is 15.1. The van der Waals surface area contributed by atoms with Gasteiger partial charge in [-0.3, -0.25) is 14.2 Å². The zero-order chi connectivity index (χ0) is 36.4. The van der Waals surface area contributed by atoms with E-state index in [-0.39, 0.29) is 62.6 Å². The average Bonchev–Trinajstić information content (AvgIpc) is 3.24. The fraction of sp³-hybridized carbons (Fsp3) is 0.344. The number of nitriles is 1. The van der Waals surface area contributed by atoms with Crippen molar-refractivity contribution in [2.75, 3.05) is 36.1 Å². The van der Waals surface area contributed by atoms with Crippen molar-refractivity contribution < 1.29 is 36.3 Å². The Morgan fingerprint density at radius 3 is 2.44 bits per heavy atom. The van der Waals surface area contributed by atoms with E-state index >= 15 is 22.0 Å². The van der Waals surface area contributed by atoms with Crippen LogP contribution < -0.4 is 22.1 Å². The zero-order valence-electron chi connectivity index (χ0n) is 26.4. The number of anilines is 2. The van der Waals surface area contributed by atoms with E-state index in [9.17, 15) is 19.6 Å². The number of amides is 2. The third-order valence-electron chi connectivity index (χ3n) is 8.67. The molecule has 1 unspecified atom stereocenters. The number of fused-ring (bicyclic) bond motifs is 1. The first kappa shape index (κ1) is 35.1. The van der Waals surface area contributed by atoms with Gasteiger partial charge in [-0.15, -0.1) is 23.1 Å². The summed E-state index contributed by atoms with van der Waals surface area (Å²) in [7, 11) is 0. The van der Waals surface area contributed by atoms with Gasteiger partial charge in [-0.2, -0.15) is 23.4 Å². The van der Waals surface area contributed by atoms with E-state index in [0.717, 1.165) is 28.5 Å². The van der Waals surface area contributed by atoms with Crippen molar-refractivity contribution >= 4 is 66.7 Å². The molecule has 2 amide bonds. The molecule has 18 heteroatoms. The summed E-state index contributed by atoms with van der Waals surface area (Å²) >= 11 is 1.40. The molecule has 0 saturated carbocycles. The lowest BCUT2D eigenvalue weighted by molar-refractivity contribution is -0.137. The minimum absolute atomic E-state index is 0.0401. The second kappa shape index (κ2) is 12.9. The molecular weight excluding hydrogens is 706 g/mol. The standard InChI is InChI=1S/C32H28F5N7O4S2/c1-4-22(46)44-13(2)8-42(9-14(44)3)30-16-5-18(32(35,36)37)24(25-19(33)6-20(34)27-23(25)17(7-38)29(40)50-27)28-26(16)43(31(47)41-30)10-15(12-49-28)48-11-21(39)45/h4-6,13-15H,1,8-12,40H2,2-3H3,(H2,39,45)/t13-,14+,15?. The smallest absolute Gasteiger partial charge is 0.389 e. The van der Waals surface area contributed by atoms with Gasteiger partial charge < -0.3 is 26.0 Å². The molecule has 4 aromatic rings. The van der Waals surface area contributed by atoms with Crippen molar-refractivity contribution in [3.05, 3.63) is 58.0 Å². The van der Waals surface area contributed by atoms with Crippen LogP contribution in [0.25, 0.3) is 32.1 Å². The second-order valence-electron chi connectivity index (χ2n) is 12.0. The van der Waals surface area contributed by atoms with E-state index < -0.39 is 81.8 Å². The number of hydrogen-bond acceptors (Lipinski definition) is 10. The summed E-state index contributed by atoms with van der Waals surface area (Å²) in [5.74, 6) is -3.88. The third-order valence-corrected chi connectivity index (χ3v) is 10.9. The maximum Gasteiger partial charge on any atom is 0.417 e. The second-order valence-corrected chi connectivity index (χ2v) is 14.1. The number of rotatable bonds is 6. The summed E-state index contributed by atoms with van der Waals surface area (Å²) in [6.45, 7) is 6.40. The Morgan fingerprint density at radius 2 is 1.84 bits per heavy atom. The first-order chi connectivity index (χ1) is 23.6. The third kappa shape index (κ3) is 5.82. The highest BCUT2D eigenvalue weighted by atomic mass is 32.2. The van der Waals surface area contributed by atoms with E-state index in [1.165, 1.54) is 0 Å². The largest absolute Gasteiger partial charge is 0.417 e. The SMILES string of the molecule is C=CC(=O)N1[C@H](C)CN(c2nc(=O)n3c4c(c(-c5c(F)cc(F)c6sc(N)c(C#N)c56)c(C(F)(F)F)cc24)SCC(OCC(N)=O)C3)C[C@@H]1C. The number of thioether (sulfide) groups is 1. The first-order valence-corrected chi connectivity index (χ1v) is 16.9. The van der Waals surface area contributed by atoms with Gasteiger partial charge in [0.1, 0.15) is 35.1 Å². The summed E-state index contributed by atoms with van der Waals surface area (Å²) in [6, 6.07) is 2.05. The molecule has 4 heterocycles. The number of hydrogen-bond donors (Lipinski definition) is 2. The van der Waals surface area contributed by atoms with Crippen LogP contribution in [-0.4, -0.2) is 69.9 Å². The molecule has 0 aliphatic carbocycles. The molecule has 11 nitrogen and oxygen atoms in total. The Balaban J connectivity index is 1.72. The maximum absolute atomic E-state index is 16.1. The molecule has 50 heavy (non-hydrogen) atoms. The highest BCUT2D eigenvalue weighted by Crippen LogP contribution is 2.52. The fourth-order valence-corrected chi connectivity index (χ4v) is 8.96.